The molecule has 1 saturated carbocycles. The number of amides is 1. The van der Waals surface area contributed by atoms with Gasteiger partial charge in [0.05, 0.1) is 20.8 Å². The van der Waals surface area contributed by atoms with E-state index in [1.165, 1.54) is 23.5 Å². The Morgan fingerprint density at radius 2 is 1.74 bits per heavy atom. The van der Waals surface area contributed by atoms with E-state index in [0.29, 0.717) is 40.4 Å². The van der Waals surface area contributed by atoms with Crippen molar-refractivity contribution in [1.29, 1.82) is 0 Å². The Labute approximate surface area is 185 Å². The number of hydrogen-bond donors (Lipinski definition) is 1. The summed E-state index contributed by atoms with van der Waals surface area (Å²) in [4.78, 5) is 18.0. The molecule has 0 unspecified atom stereocenters. The normalized spacial score (nSPS) is 14.6. The second kappa shape index (κ2) is 8.88. The molecule has 0 aliphatic heterocycles. The highest BCUT2D eigenvalue weighted by atomic mass is 32.2. The van der Waals surface area contributed by atoms with Gasteiger partial charge in [-0.25, -0.2) is 17.8 Å². The lowest BCUT2D eigenvalue weighted by molar-refractivity contribution is 0.103. The molecule has 162 valence electrons. The maximum atomic E-state index is 13.1. The van der Waals surface area contributed by atoms with Crippen LogP contribution in [0, 0.1) is 12.7 Å². The van der Waals surface area contributed by atoms with Gasteiger partial charge in [0.15, 0.2) is 9.84 Å². The SMILES string of the molecule is Cc1nc(Cc2ccc(F)cc2)sc1C(=O)Nc1ccc(S(=O)(=O)C2CCCC2)cc1. The number of carbonyl (C=O) groups excluding carboxylic acids is 1. The highest BCUT2D eigenvalue weighted by Crippen LogP contribution is 2.30. The van der Waals surface area contributed by atoms with E-state index in [-0.39, 0.29) is 17.0 Å². The highest BCUT2D eigenvalue weighted by molar-refractivity contribution is 7.92. The molecule has 1 aliphatic rings. The second-order valence-corrected chi connectivity index (χ2v) is 11.1. The quantitative estimate of drug-likeness (QED) is 0.554. The van der Waals surface area contributed by atoms with Crippen LogP contribution < -0.4 is 5.32 Å². The number of thiazole rings is 1. The number of carbonyl (C=O) groups is 1. The third-order valence-corrected chi connectivity index (χ3v) is 8.93. The van der Waals surface area contributed by atoms with Gasteiger partial charge < -0.3 is 5.32 Å². The second-order valence-electron chi connectivity index (χ2n) is 7.76. The molecule has 0 radical (unpaired) electrons. The van der Waals surface area contributed by atoms with Gasteiger partial charge in [0, 0.05) is 12.1 Å². The fourth-order valence-corrected chi connectivity index (χ4v) is 6.67. The third kappa shape index (κ3) is 4.85. The predicted molar refractivity (Wildman–Crippen MR) is 120 cm³/mol. The molecular formula is C23H23FN2O3S2. The van der Waals surface area contributed by atoms with Crippen LogP contribution >= 0.6 is 11.3 Å². The molecule has 0 spiro atoms. The lowest BCUT2D eigenvalue weighted by Gasteiger charge is -2.12. The number of aryl methyl sites for hydroxylation is 1. The summed E-state index contributed by atoms with van der Waals surface area (Å²) in [5.41, 5.74) is 2.07. The van der Waals surface area contributed by atoms with Gasteiger partial charge in [0.1, 0.15) is 10.7 Å². The molecule has 1 N–H and O–H groups in total. The van der Waals surface area contributed by atoms with Gasteiger partial charge in [-0.15, -0.1) is 11.3 Å². The van der Waals surface area contributed by atoms with Gasteiger partial charge in [0.2, 0.25) is 0 Å². The van der Waals surface area contributed by atoms with Gasteiger partial charge in [-0.1, -0.05) is 25.0 Å². The van der Waals surface area contributed by atoms with Crippen molar-refractivity contribution in [2.24, 2.45) is 0 Å². The van der Waals surface area contributed by atoms with E-state index in [4.69, 9.17) is 0 Å². The standard InChI is InChI=1S/C23H23FN2O3S2/c1-15-22(30-21(25-15)14-16-6-8-17(24)9-7-16)23(27)26-18-10-12-20(13-11-18)31(28,29)19-4-2-3-5-19/h6-13,19H,2-5,14H2,1H3,(H,26,27). The monoisotopic (exact) mass is 458 g/mol. The van der Waals surface area contributed by atoms with Crippen molar-refractivity contribution in [2.75, 3.05) is 5.32 Å². The van der Waals surface area contributed by atoms with Crippen LogP contribution in [0.1, 0.15) is 51.6 Å². The number of benzene rings is 2. The lowest BCUT2D eigenvalue weighted by atomic mass is 10.1. The molecule has 1 aromatic heterocycles. The van der Waals surface area contributed by atoms with Crippen LogP contribution in [0.2, 0.25) is 0 Å². The smallest absolute Gasteiger partial charge is 0.267 e. The molecule has 1 aliphatic carbocycles. The molecule has 5 nitrogen and oxygen atoms in total. The summed E-state index contributed by atoms with van der Waals surface area (Å²) in [5.74, 6) is -0.576. The maximum absolute atomic E-state index is 13.1. The Hall–Kier alpha value is -2.58. The Bertz CT molecular complexity index is 1180. The predicted octanol–water partition coefficient (Wildman–Crippen LogP) is 5.15. The van der Waals surface area contributed by atoms with Gasteiger partial charge in [-0.3, -0.25) is 4.79 Å². The van der Waals surface area contributed by atoms with Crippen LogP contribution in [-0.4, -0.2) is 24.6 Å². The first-order chi connectivity index (χ1) is 14.8. The number of hydrogen-bond acceptors (Lipinski definition) is 5. The van der Waals surface area contributed by atoms with E-state index in [9.17, 15) is 17.6 Å². The Kier molecular flexibility index (Phi) is 6.20. The van der Waals surface area contributed by atoms with Gasteiger partial charge in [-0.05, 0) is 61.7 Å². The Morgan fingerprint density at radius 3 is 2.39 bits per heavy atom. The van der Waals surface area contributed by atoms with Crippen molar-refractivity contribution in [3.05, 3.63) is 75.5 Å². The molecule has 1 fully saturated rings. The summed E-state index contributed by atoms with van der Waals surface area (Å²) in [7, 11) is -3.32. The average molecular weight is 459 g/mol. The van der Waals surface area contributed by atoms with Crippen LogP contribution in [0.15, 0.2) is 53.4 Å². The van der Waals surface area contributed by atoms with Crippen molar-refractivity contribution < 1.29 is 17.6 Å². The number of halogens is 1. The zero-order valence-corrected chi connectivity index (χ0v) is 18.7. The van der Waals surface area contributed by atoms with Gasteiger partial charge in [0.25, 0.3) is 5.91 Å². The fraction of sp³-hybridized carbons (Fsp3) is 0.304. The van der Waals surface area contributed by atoms with Gasteiger partial charge >= 0.3 is 0 Å². The van der Waals surface area contributed by atoms with Crippen molar-refractivity contribution in [3.63, 3.8) is 0 Å². The first kappa shape index (κ1) is 21.6. The molecule has 1 heterocycles. The van der Waals surface area contributed by atoms with Crippen molar-refractivity contribution in [3.8, 4) is 0 Å². The summed E-state index contributed by atoms with van der Waals surface area (Å²) in [5, 5.41) is 3.29. The number of aromatic nitrogens is 1. The summed E-state index contributed by atoms with van der Waals surface area (Å²) in [6, 6.07) is 12.6. The van der Waals surface area contributed by atoms with E-state index in [2.05, 4.69) is 10.3 Å². The summed E-state index contributed by atoms with van der Waals surface area (Å²) >= 11 is 1.30. The molecule has 0 saturated heterocycles. The van der Waals surface area contributed by atoms with E-state index in [1.807, 2.05) is 0 Å². The molecule has 31 heavy (non-hydrogen) atoms. The van der Waals surface area contributed by atoms with Crippen molar-refractivity contribution in [1.82, 2.24) is 4.98 Å². The zero-order valence-electron chi connectivity index (χ0n) is 17.1. The van der Waals surface area contributed by atoms with Crippen molar-refractivity contribution in [2.45, 2.75) is 49.2 Å². The summed E-state index contributed by atoms with van der Waals surface area (Å²) in [6.07, 6.45) is 3.86. The molecule has 1 amide bonds. The Balaban J connectivity index is 1.44. The minimum atomic E-state index is -3.32. The third-order valence-electron chi connectivity index (χ3n) is 5.50. The summed E-state index contributed by atoms with van der Waals surface area (Å²) in [6.45, 7) is 1.77. The molecule has 2 aromatic carbocycles. The highest BCUT2D eigenvalue weighted by Gasteiger charge is 2.30. The van der Waals surface area contributed by atoms with Crippen LogP contribution in [0.25, 0.3) is 0 Å². The average Bonchev–Trinajstić information content (AvgIpc) is 3.41. The lowest BCUT2D eigenvalue weighted by Crippen LogP contribution is -2.18. The molecular weight excluding hydrogens is 435 g/mol. The van der Waals surface area contributed by atoms with E-state index in [1.54, 1.807) is 43.3 Å². The topological polar surface area (TPSA) is 76.1 Å². The van der Waals surface area contributed by atoms with Crippen molar-refractivity contribution >= 4 is 32.8 Å². The molecule has 4 rings (SSSR count). The van der Waals surface area contributed by atoms with E-state index in [0.717, 1.165) is 23.4 Å². The van der Waals surface area contributed by atoms with Crippen LogP contribution in [0.5, 0.6) is 0 Å². The van der Waals surface area contributed by atoms with Crippen LogP contribution in [0.4, 0.5) is 10.1 Å². The molecule has 0 bridgehead atoms. The van der Waals surface area contributed by atoms with Crippen LogP contribution in [-0.2, 0) is 16.3 Å². The molecule has 0 atom stereocenters. The van der Waals surface area contributed by atoms with Crippen LogP contribution in [0.3, 0.4) is 0 Å². The zero-order chi connectivity index (χ0) is 22.0. The Morgan fingerprint density at radius 1 is 1.10 bits per heavy atom. The first-order valence-corrected chi connectivity index (χ1v) is 12.6. The molecule has 3 aromatic rings. The fourth-order valence-electron chi connectivity index (χ4n) is 3.82. The number of sulfone groups is 1. The van der Waals surface area contributed by atoms with E-state index < -0.39 is 9.84 Å². The maximum Gasteiger partial charge on any atom is 0.267 e. The number of rotatable bonds is 6. The number of nitrogens with one attached hydrogen (secondary N) is 1. The number of nitrogens with zero attached hydrogens (tertiary/aromatic N) is 1. The molecule has 8 heteroatoms. The van der Waals surface area contributed by atoms with E-state index >= 15 is 0 Å². The number of anilines is 1. The summed E-state index contributed by atoms with van der Waals surface area (Å²) < 4.78 is 38.5. The minimum Gasteiger partial charge on any atom is -0.321 e. The largest absolute Gasteiger partial charge is 0.321 e. The first-order valence-electron chi connectivity index (χ1n) is 10.2. The minimum absolute atomic E-state index is 0.285. The van der Waals surface area contributed by atoms with Gasteiger partial charge in [-0.2, -0.15) is 0 Å².